The zero-order valence-electron chi connectivity index (χ0n) is 7.72. The first kappa shape index (κ1) is 14.4. The molecule has 86 valence electrons. The van der Waals surface area contributed by atoms with Crippen molar-refractivity contribution in [3.63, 3.8) is 0 Å². The van der Waals surface area contributed by atoms with Crippen molar-refractivity contribution >= 4 is 85.3 Å². The Morgan fingerprint density at radius 1 is 1.19 bits per heavy atom. The Kier molecular flexibility index (Phi) is 5.70. The molecule has 1 rings (SSSR count). The van der Waals surface area contributed by atoms with Gasteiger partial charge in [-0.2, -0.15) is 0 Å². The monoisotopic (exact) mass is 556 g/mol. The van der Waals surface area contributed by atoms with Gasteiger partial charge in [0.15, 0.2) is 0 Å². The molecule has 0 saturated heterocycles. The topological polar surface area (TPSA) is 69.2 Å². The molecule has 4 nitrogen and oxygen atoms in total. The molecule has 1 amide bonds. The van der Waals surface area contributed by atoms with Crippen LogP contribution in [0.5, 0.6) is 0 Å². The lowest BCUT2D eigenvalue weighted by Gasteiger charge is -2.08. The van der Waals surface area contributed by atoms with Crippen LogP contribution in [0.1, 0.15) is 6.42 Å². The highest BCUT2D eigenvalue weighted by molar-refractivity contribution is 14.1. The summed E-state index contributed by atoms with van der Waals surface area (Å²) in [5, 5.41) is 12.7. The van der Waals surface area contributed by atoms with Crippen LogP contribution in [0, 0.1) is 10.7 Å². The van der Waals surface area contributed by atoms with E-state index in [2.05, 4.69) is 73.1 Å². The molecular weight excluding hydrogens is 551 g/mol. The van der Waals surface area contributed by atoms with E-state index in [9.17, 15) is 14.7 Å². The van der Waals surface area contributed by atoms with Crippen LogP contribution in [0.25, 0.3) is 0 Å². The van der Waals surface area contributed by atoms with Gasteiger partial charge in [0.1, 0.15) is 0 Å². The molecule has 0 aromatic heterocycles. The molecule has 0 aliphatic heterocycles. The van der Waals surface area contributed by atoms with Crippen molar-refractivity contribution in [2.75, 3.05) is 5.32 Å². The molecule has 0 aliphatic carbocycles. The Balaban J connectivity index is 2.82. The minimum Gasteiger partial charge on any atom is -0.550 e. The number of nitrogens with one attached hydrogen (secondary N) is 1. The number of rotatable bonds is 3. The Bertz CT molecular complexity index is 425. The maximum absolute atomic E-state index is 11.2. The van der Waals surface area contributed by atoms with Crippen LogP contribution in [0.3, 0.4) is 0 Å². The van der Waals surface area contributed by atoms with Crippen molar-refractivity contribution in [1.29, 1.82) is 0 Å². The molecule has 7 heteroatoms. The minimum atomic E-state index is -1.38. The summed E-state index contributed by atoms with van der Waals surface area (Å²) >= 11 is 6.52. The van der Waals surface area contributed by atoms with Gasteiger partial charge in [-0.3, -0.25) is 4.79 Å². The van der Waals surface area contributed by atoms with Crippen molar-refractivity contribution in [1.82, 2.24) is 0 Å². The summed E-state index contributed by atoms with van der Waals surface area (Å²) in [5.74, 6) is -1.96. The van der Waals surface area contributed by atoms with Gasteiger partial charge in [-0.05, 0) is 79.9 Å². The summed E-state index contributed by atoms with van der Waals surface area (Å²) < 4.78 is 3.12. The molecule has 16 heavy (non-hydrogen) atoms. The van der Waals surface area contributed by atoms with Crippen molar-refractivity contribution in [2.24, 2.45) is 0 Å². The zero-order valence-corrected chi connectivity index (χ0v) is 14.2. The maximum atomic E-state index is 11.2. The van der Waals surface area contributed by atoms with Crippen LogP contribution in [0.15, 0.2) is 12.1 Å². The number of carboxylic acids is 1. The molecule has 0 bridgehead atoms. The Morgan fingerprint density at radius 2 is 1.69 bits per heavy atom. The molecular formula is C9H5I3NO3-. The van der Waals surface area contributed by atoms with Gasteiger partial charge in [0.2, 0.25) is 5.91 Å². The van der Waals surface area contributed by atoms with Gasteiger partial charge < -0.3 is 15.2 Å². The van der Waals surface area contributed by atoms with Gasteiger partial charge in [-0.25, -0.2) is 0 Å². The number of aliphatic carboxylic acids is 1. The van der Waals surface area contributed by atoms with Crippen LogP contribution in [-0.2, 0) is 9.59 Å². The van der Waals surface area contributed by atoms with Crippen LogP contribution in [0.2, 0.25) is 0 Å². The van der Waals surface area contributed by atoms with E-state index in [1.165, 1.54) is 0 Å². The Morgan fingerprint density at radius 3 is 2.12 bits per heavy atom. The number of hydrogen-bond donors (Lipinski definition) is 1. The maximum Gasteiger partial charge on any atom is 0.230 e. The molecule has 0 fully saturated rings. The highest BCUT2D eigenvalue weighted by Gasteiger charge is 2.07. The number of carboxylic acid groups (broad SMARTS) is 1. The van der Waals surface area contributed by atoms with E-state index in [4.69, 9.17) is 0 Å². The fraction of sp³-hybridized carbons (Fsp3) is 0.111. The number of benzene rings is 1. The van der Waals surface area contributed by atoms with Crippen LogP contribution in [0.4, 0.5) is 5.69 Å². The predicted molar refractivity (Wildman–Crippen MR) is 82.8 cm³/mol. The van der Waals surface area contributed by atoms with Crippen molar-refractivity contribution in [2.45, 2.75) is 6.42 Å². The van der Waals surface area contributed by atoms with Gasteiger partial charge in [-0.15, -0.1) is 0 Å². The second kappa shape index (κ2) is 6.33. The molecule has 0 aliphatic rings. The first-order valence-electron chi connectivity index (χ1n) is 4.04. The molecule has 0 atom stereocenters. The van der Waals surface area contributed by atoms with Gasteiger partial charge in [-0.1, -0.05) is 0 Å². The summed E-state index contributed by atoms with van der Waals surface area (Å²) in [5.41, 5.74) is 0.598. The summed E-state index contributed by atoms with van der Waals surface area (Å²) in [4.78, 5) is 21.4. The third-order valence-corrected chi connectivity index (χ3v) is 6.50. The molecule has 0 radical (unpaired) electrons. The lowest BCUT2D eigenvalue weighted by molar-refractivity contribution is -0.304. The van der Waals surface area contributed by atoms with Crippen molar-refractivity contribution in [3.8, 4) is 0 Å². The SMILES string of the molecule is O=C([O-])CC(=O)Nc1cc(I)c(I)c(I)c1. The van der Waals surface area contributed by atoms with E-state index in [-0.39, 0.29) is 0 Å². The quantitative estimate of drug-likeness (QED) is 0.350. The molecule has 0 saturated carbocycles. The summed E-state index contributed by atoms with van der Waals surface area (Å²) in [6.45, 7) is 0. The average molecular weight is 556 g/mol. The van der Waals surface area contributed by atoms with E-state index < -0.39 is 18.3 Å². The van der Waals surface area contributed by atoms with Crippen LogP contribution in [-0.4, -0.2) is 11.9 Å². The van der Waals surface area contributed by atoms with E-state index in [0.717, 1.165) is 10.7 Å². The van der Waals surface area contributed by atoms with Gasteiger partial charge in [0.25, 0.3) is 0 Å². The summed E-state index contributed by atoms with van der Waals surface area (Å²) in [6, 6.07) is 3.58. The number of hydrogen-bond acceptors (Lipinski definition) is 3. The first-order chi connectivity index (χ1) is 7.40. The number of amides is 1. The molecule has 0 unspecified atom stereocenters. The Labute approximate surface area is 133 Å². The fourth-order valence-electron chi connectivity index (χ4n) is 0.964. The predicted octanol–water partition coefficient (Wildman–Crippen LogP) is 1.58. The lowest BCUT2D eigenvalue weighted by atomic mass is 10.3. The Hall–Kier alpha value is 0.350. The molecule has 1 N–H and O–H groups in total. The number of halogens is 3. The van der Waals surface area contributed by atoms with Crippen LogP contribution >= 0.6 is 67.8 Å². The van der Waals surface area contributed by atoms with E-state index in [1.807, 2.05) is 0 Å². The first-order valence-corrected chi connectivity index (χ1v) is 7.28. The standard InChI is InChI=1S/C9H6I3NO3/c10-5-1-4(2-6(11)9(5)12)13-7(14)3-8(15)16/h1-2H,3H2,(H,13,14)(H,15,16)/p-1. The number of anilines is 1. The smallest absolute Gasteiger partial charge is 0.230 e. The zero-order chi connectivity index (χ0) is 12.3. The van der Waals surface area contributed by atoms with Gasteiger partial charge in [0, 0.05) is 16.4 Å². The van der Waals surface area contributed by atoms with Gasteiger partial charge in [0.05, 0.1) is 12.4 Å². The van der Waals surface area contributed by atoms with Crippen LogP contribution < -0.4 is 10.4 Å². The summed E-state index contributed by atoms with van der Waals surface area (Å²) in [6.07, 6.45) is -0.626. The lowest BCUT2D eigenvalue weighted by Crippen LogP contribution is -2.28. The molecule has 0 heterocycles. The average Bonchev–Trinajstić information content (AvgIpc) is 2.12. The largest absolute Gasteiger partial charge is 0.550 e. The number of carbonyl (C=O) groups is 2. The third kappa shape index (κ3) is 4.31. The molecule has 1 aromatic rings. The van der Waals surface area contributed by atoms with Crippen molar-refractivity contribution < 1.29 is 14.7 Å². The number of carbonyl (C=O) groups excluding carboxylic acids is 2. The minimum absolute atomic E-state index is 0.576. The fourth-order valence-corrected chi connectivity index (χ4v) is 3.04. The highest BCUT2D eigenvalue weighted by Crippen LogP contribution is 2.25. The summed E-state index contributed by atoms with van der Waals surface area (Å²) in [7, 11) is 0. The van der Waals surface area contributed by atoms with E-state index in [0.29, 0.717) is 5.69 Å². The van der Waals surface area contributed by atoms with E-state index in [1.54, 1.807) is 12.1 Å². The third-order valence-electron chi connectivity index (χ3n) is 1.57. The molecule has 0 spiro atoms. The van der Waals surface area contributed by atoms with Gasteiger partial charge >= 0.3 is 0 Å². The molecule has 1 aromatic carbocycles. The second-order valence-electron chi connectivity index (χ2n) is 2.85. The van der Waals surface area contributed by atoms with Crippen molar-refractivity contribution in [3.05, 3.63) is 22.8 Å². The van der Waals surface area contributed by atoms with E-state index >= 15 is 0 Å². The second-order valence-corrected chi connectivity index (χ2v) is 6.25. The normalized spacial score (nSPS) is 9.94. The highest BCUT2D eigenvalue weighted by atomic mass is 127.